The minimum Gasteiger partial charge on any atom is -0.481 e. The lowest BCUT2D eigenvalue weighted by Gasteiger charge is -2.32. The van der Waals surface area contributed by atoms with Crippen molar-refractivity contribution in [3.63, 3.8) is 0 Å². The Labute approximate surface area is 208 Å². The third-order valence-corrected chi connectivity index (χ3v) is 8.50. The molecule has 1 aliphatic heterocycles. The Kier molecular flexibility index (Phi) is 6.88. The molecule has 178 valence electrons. The van der Waals surface area contributed by atoms with Gasteiger partial charge >= 0.3 is 5.97 Å². The summed E-state index contributed by atoms with van der Waals surface area (Å²) in [7, 11) is 0. The number of furan rings is 1. The van der Waals surface area contributed by atoms with Crippen molar-refractivity contribution in [1.29, 1.82) is 0 Å². The van der Waals surface area contributed by atoms with Gasteiger partial charge in [-0.05, 0) is 61.4 Å². The summed E-state index contributed by atoms with van der Waals surface area (Å²) in [5.41, 5.74) is 2.38. The Hall–Kier alpha value is -2.45. The number of amides is 1. The number of rotatable bonds is 5. The van der Waals surface area contributed by atoms with E-state index in [1.54, 1.807) is 11.0 Å². The second kappa shape index (κ2) is 10.0. The molecule has 0 radical (unpaired) electrons. The molecule has 0 bridgehead atoms. The van der Waals surface area contributed by atoms with Gasteiger partial charge in [0.25, 0.3) is 5.91 Å². The van der Waals surface area contributed by atoms with Gasteiger partial charge in [0.15, 0.2) is 5.04 Å². The highest BCUT2D eigenvalue weighted by molar-refractivity contribution is 8.35. The molecule has 1 aromatic carbocycles. The number of carbonyl (C=O) groups is 2. The van der Waals surface area contributed by atoms with E-state index in [1.165, 1.54) is 37.7 Å². The molecule has 2 saturated carbocycles. The second-order valence-corrected chi connectivity index (χ2v) is 11.0. The predicted molar refractivity (Wildman–Crippen MR) is 137 cm³/mol. The monoisotopic (exact) mass is 496 g/mol. The van der Waals surface area contributed by atoms with Gasteiger partial charge in [-0.3, -0.25) is 14.5 Å². The van der Waals surface area contributed by atoms with Crippen LogP contribution in [0, 0.1) is 5.92 Å². The zero-order valence-electron chi connectivity index (χ0n) is 18.9. The SMILES string of the molecule is O=C(O)C1CCCC(N2C(=O)/C(=N\c3ccc(-c4ccc(C5CCCCC5)cc4)o3)SC2=S)C1. The van der Waals surface area contributed by atoms with Crippen LogP contribution in [0.2, 0.25) is 0 Å². The molecule has 1 saturated heterocycles. The molecule has 3 fully saturated rings. The van der Waals surface area contributed by atoms with Crippen LogP contribution in [0.25, 0.3) is 11.3 Å². The van der Waals surface area contributed by atoms with Gasteiger partial charge in [0.1, 0.15) is 10.1 Å². The first-order chi connectivity index (χ1) is 16.5. The van der Waals surface area contributed by atoms with Crippen LogP contribution in [0.4, 0.5) is 5.88 Å². The third-order valence-electron chi connectivity index (χ3n) is 7.22. The number of benzene rings is 1. The normalized spacial score (nSPS) is 25.3. The highest BCUT2D eigenvalue weighted by atomic mass is 32.2. The van der Waals surface area contributed by atoms with Crippen molar-refractivity contribution < 1.29 is 19.1 Å². The first-order valence-corrected chi connectivity index (χ1v) is 13.3. The molecule has 1 aromatic heterocycles. The zero-order valence-corrected chi connectivity index (χ0v) is 20.6. The van der Waals surface area contributed by atoms with Gasteiger partial charge in [0, 0.05) is 17.7 Å². The van der Waals surface area contributed by atoms with E-state index in [4.69, 9.17) is 16.6 Å². The number of nitrogens with zero attached hydrogens (tertiary/aromatic N) is 2. The summed E-state index contributed by atoms with van der Waals surface area (Å²) < 4.78 is 6.37. The summed E-state index contributed by atoms with van der Waals surface area (Å²) in [5, 5.41) is 9.65. The molecule has 1 amide bonds. The van der Waals surface area contributed by atoms with E-state index >= 15 is 0 Å². The van der Waals surface area contributed by atoms with Crippen molar-refractivity contribution in [3.05, 3.63) is 42.0 Å². The Morgan fingerprint density at radius 3 is 2.53 bits per heavy atom. The van der Waals surface area contributed by atoms with Gasteiger partial charge in [-0.25, -0.2) is 4.99 Å². The number of carboxylic acids is 1. The molecule has 5 rings (SSSR count). The van der Waals surface area contributed by atoms with Crippen molar-refractivity contribution >= 4 is 51.1 Å². The van der Waals surface area contributed by atoms with Gasteiger partial charge < -0.3 is 9.52 Å². The van der Waals surface area contributed by atoms with Crippen LogP contribution in [0.5, 0.6) is 0 Å². The molecule has 6 nitrogen and oxygen atoms in total. The molecule has 1 N–H and O–H groups in total. The zero-order chi connectivity index (χ0) is 23.7. The quantitative estimate of drug-likeness (QED) is 0.474. The van der Waals surface area contributed by atoms with Crippen LogP contribution in [-0.4, -0.2) is 37.3 Å². The number of aliphatic carboxylic acids is 1. The van der Waals surface area contributed by atoms with Crippen LogP contribution >= 0.6 is 24.0 Å². The third kappa shape index (κ3) is 4.84. The van der Waals surface area contributed by atoms with Crippen LogP contribution < -0.4 is 0 Å². The number of hydrogen-bond donors (Lipinski definition) is 1. The van der Waals surface area contributed by atoms with Gasteiger partial charge in [0.05, 0.1) is 5.92 Å². The molecule has 2 unspecified atom stereocenters. The minimum absolute atomic E-state index is 0.190. The fraction of sp³-hybridized carbons (Fsp3) is 0.462. The Morgan fingerprint density at radius 2 is 1.79 bits per heavy atom. The number of thioether (sulfide) groups is 1. The molecule has 0 spiro atoms. The van der Waals surface area contributed by atoms with Crippen molar-refractivity contribution in [2.24, 2.45) is 10.9 Å². The molecule has 8 heteroatoms. The van der Waals surface area contributed by atoms with E-state index in [0.29, 0.717) is 34.7 Å². The highest BCUT2D eigenvalue weighted by Crippen LogP contribution is 2.37. The van der Waals surface area contributed by atoms with Crippen LogP contribution in [0.1, 0.15) is 69.3 Å². The maximum absolute atomic E-state index is 13.1. The van der Waals surface area contributed by atoms with E-state index in [-0.39, 0.29) is 17.0 Å². The standard InChI is InChI=1S/C26H28N2O4S2/c29-24-23(34-26(33)28(24)20-8-4-7-19(15-20)25(30)31)27-22-14-13-21(32-22)18-11-9-17(10-12-18)16-5-2-1-3-6-16/h9-14,16,19-20H,1-8,15H2,(H,30,31)/b27-23+. The lowest BCUT2D eigenvalue weighted by atomic mass is 9.84. The van der Waals surface area contributed by atoms with Crippen LogP contribution in [-0.2, 0) is 9.59 Å². The van der Waals surface area contributed by atoms with Crippen molar-refractivity contribution in [1.82, 2.24) is 4.90 Å². The average molecular weight is 497 g/mol. The lowest BCUT2D eigenvalue weighted by Crippen LogP contribution is -2.43. The molecular weight excluding hydrogens is 468 g/mol. The van der Waals surface area contributed by atoms with Gasteiger partial charge in [-0.15, -0.1) is 0 Å². The topological polar surface area (TPSA) is 83.1 Å². The molecule has 34 heavy (non-hydrogen) atoms. The Bertz CT molecular complexity index is 1120. The fourth-order valence-corrected chi connectivity index (χ4v) is 6.65. The van der Waals surface area contributed by atoms with Crippen LogP contribution in [0.3, 0.4) is 0 Å². The summed E-state index contributed by atoms with van der Waals surface area (Å²) in [6.45, 7) is 0. The van der Waals surface area contributed by atoms with Crippen LogP contribution in [0.15, 0.2) is 45.8 Å². The molecule has 3 aliphatic rings. The van der Waals surface area contributed by atoms with E-state index < -0.39 is 11.9 Å². The lowest BCUT2D eigenvalue weighted by molar-refractivity contribution is -0.144. The first-order valence-electron chi connectivity index (χ1n) is 12.1. The summed E-state index contributed by atoms with van der Waals surface area (Å²) in [4.78, 5) is 30.5. The molecule has 2 aromatic rings. The smallest absolute Gasteiger partial charge is 0.306 e. The molecular formula is C26H28N2O4S2. The summed E-state index contributed by atoms with van der Waals surface area (Å²) in [6, 6.07) is 12.0. The number of hydrogen-bond acceptors (Lipinski definition) is 6. The number of thiocarbonyl (C=S) groups is 1. The van der Waals surface area contributed by atoms with E-state index in [0.717, 1.165) is 30.2 Å². The minimum atomic E-state index is -0.807. The molecule has 2 aliphatic carbocycles. The van der Waals surface area contributed by atoms with E-state index in [1.807, 2.05) is 6.07 Å². The number of aliphatic imine (C=N–C) groups is 1. The predicted octanol–water partition coefficient (Wildman–Crippen LogP) is 6.53. The Morgan fingerprint density at radius 1 is 1.03 bits per heavy atom. The summed E-state index contributed by atoms with van der Waals surface area (Å²) in [5.74, 6) is 0.227. The highest BCUT2D eigenvalue weighted by Gasteiger charge is 2.41. The Balaban J connectivity index is 1.28. The first kappa shape index (κ1) is 23.3. The molecule has 2 atom stereocenters. The maximum Gasteiger partial charge on any atom is 0.306 e. The maximum atomic E-state index is 13.1. The molecule has 2 heterocycles. The van der Waals surface area contributed by atoms with E-state index in [2.05, 4.69) is 29.3 Å². The second-order valence-electron chi connectivity index (χ2n) is 9.41. The van der Waals surface area contributed by atoms with Gasteiger partial charge in [0.2, 0.25) is 5.88 Å². The van der Waals surface area contributed by atoms with Gasteiger partial charge in [-0.1, -0.05) is 62.2 Å². The summed E-state index contributed by atoms with van der Waals surface area (Å²) >= 11 is 6.61. The van der Waals surface area contributed by atoms with Crippen molar-refractivity contribution in [2.45, 2.75) is 69.7 Å². The van der Waals surface area contributed by atoms with Crippen molar-refractivity contribution in [3.8, 4) is 11.3 Å². The fourth-order valence-electron chi connectivity index (χ4n) is 5.37. The average Bonchev–Trinajstić information content (AvgIpc) is 3.44. The largest absolute Gasteiger partial charge is 0.481 e. The van der Waals surface area contributed by atoms with Crippen molar-refractivity contribution in [2.75, 3.05) is 0 Å². The van der Waals surface area contributed by atoms with Gasteiger partial charge in [-0.2, -0.15) is 0 Å². The summed E-state index contributed by atoms with van der Waals surface area (Å²) in [6.07, 6.45) is 9.10. The number of carbonyl (C=O) groups excluding carboxylic acids is 1. The number of carboxylic acid groups (broad SMARTS) is 1. The van der Waals surface area contributed by atoms with E-state index in [9.17, 15) is 14.7 Å².